The summed E-state index contributed by atoms with van der Waals surface area (Å²) in [5.74, 6) is -0.189. The molecule has 1 aromatic rings. The van der Waals surface area contributed by atoms with E-state index in [1.54, 1.807) is 18.2 Å². The molecule has 2 nitrogen and oxygen atoms in total. The van der Waals surface area contributed by atoms with E-state index in [0.717, 1.165) is 13.2 Å². The second kappa shape index (κ2) is 5.05. The molecule has 1 atom stereocenters. The Bertz CT molecular complexity index is 345. The fraction of sp³-hybridized carbons (Fsp3) is 0.333. The molecule has 0 aliphatic carbocycles. The predicted octanol–water partition coefficient (Wildman–Crippen LogP) is 1.83. The topological polar surface area (TPSA) is 21.3 Å². The molecular weight excluding hydrogens is 193 g/mol. The van der Waals surface area contributed by atoms with Gasteiger partial charge in [-0.3, -0.25) is 0 Å². The standard InChI is InChI=1S/C12H14FNO/c13-12-4-2-1-3-10(12)5-6-11-9-15-8-7-14-11/h1-6,11,14H,7-9H2/b6-5+. The number of rotatable bonds is 2. The molecule has 1 aromatic carbocycles. The molecule has 15 heavy (non-hydrogen) atoms. The highest BCUT2D eigenvalue weighted by Gasteiger charge is 2.08. The molecule has 0 spiro atoms. The fourth-order valence-electron chi connectivity index (χ4n) is 1.54. The first-order chi connectivity index (χ1) is 7.36. The summed E-state index contributed by atoms with van der Waals surface area (Å²) in [4.78, 5) is 0. The highest BCUT2D eigenvalue weighted by atomic mass is 19.1. The van der Waals surface area contributed by atoms with Gasteiger partial charge in [-0.05, 0) is 6.07 Å². The van der Waals surface area contributed by atoms with Crippen LogP contribution in [0.3, 0.4) is 0 Å². The number of hydrogen-bond acceptors (Lipinski definition) is 2. The summed E-state index contributed by atoms with van der Waals surface area (Å²) in [7, 11) is 0. The molecule has 1 aliphatic rings. The average Bonchev–Trinajstić information content (AvgIpc) is 2.29. The van der Waals surface area contributed by atoms with Gasteiger partial charge in [0.15, 0.2) is 0 Å². The van der Waals surface area contributed by atoms with Gasteiger partial charge in [0.05, 0.1) is 13.2 Å². The van der Waals surface area contributed by atoms with Gasteiger partial charge in [-0.15, -0.1) is 0 Å². The van der Waals surface area contributed by atoms with Crippen molar-refractivity contribution in [2.45, 2.75) is 6.04 Å². The van der Waals surface area contributed by atoms with Crippen molar-refractivity contribution in [1.29, 1.82) is 0 Å². The van der Waals surface area contributed by atoms with Gasteiger partial charge in [-0.2, -0.15) is 0 Å². The number of morpholine rings is 1. The zero-order chi connectivity index (χ0) is 10.5. The Balaban J connectivity index is 2.01. The number of nitrogens with one attached hydrogen (secondary N) is 1. The molecule has 1 unspecified atom stereocenters. The quantitative estimate of drug-likeness (QED) is 0.798. The molecule has 0 radical (unpaired) electrons. The summed E-state index contributed by atoms with van der Waals surface area (Å²) in [6, 6.07) is 6.93. The first kappa shape index (κ1) is 10.3. The van der Waals surface area contributed by atoms with Gasteiger partial charge in [0, 0.05) is 18.2 Å². The van der Waals surface area contributed by atoms with E-state index in [-0.39, 0.29) is 11.9 Å². The lowest BCUT2D eigenvalue weighted by atomic mass is 10.1. The third-order valence-corrected chi connectivity index (χ3v) is 2.36. The molecule has 1 fully saturated rings. The highest BCUT2D eigenvalue weighted by Crippen LogP contribution is 2.09. The van der Waals surface area contributed by atoms with Gasteiger partial charge in [-0.1, -0.05) is 30.4 Å². The minimum absolute atomic E-state index is 0.189. The van der Waals surface area contributed by atoms with Gasteiger partial charge in [0.2, 0.25) is 0 Å². The lowest BCUT2D eigenvalue weighted by molar-refractivity contribution is 0.0903. The maximum atomic E-state index is 13.2. The molecule has 0 aromatic heterocycles. The van der Waals surface area contributed by atoms with Crippen LogP contribution in [0.1, 0.15) is 5.56 Å². The van der Waals surface area contributed by atoms with Crippen LogP contribution in [0.25, 0.3) is 6.08 Å². The Kier molecular flexibility index (Phi) is 3.48. The molecular formula is C12H14FNO. The lowest BCUT2D eigenvalue weighted by Crippen LogP contribution is -2.39. The predicted molar refractivity (Wildman–Crippen MR) is 58.0 cm³/mol. The molecule has 0 amide bonds. The molecule has 3 heteroatoms. The first-order valence-electron chi connectivity index (χ1n) is 5.10. The van der Waals surface area contributed by atoms with Crippen molar-refractivity contribution < 1.29 is 9.13 Å². The van der Waals surface area contributed by atoms with Crippen molar-refractivity contribution in [3.05, 3.63) is 41.7 Å². The Hall–Kier alpha value is -1.19. The van der Waals surface area contributed by atoms with Gasteiger partial charge in [-0.25, -0.2) is 4.39 Å². The van der Waals surface area contributed by atoms with E-state index in [4.69, 9.17) is 4.74 Å². The Morgan fingerprint density at radius 2 is 2.27 bits per heavy atom. The Morgan fingerprint density at radius 3 is 3.00 bits per heavy atom. The van der Waals surface area contributed by atoms with E-state index in [1.807, 2.05) is 12.1 Å². The van der Waals surface area contributed by atoms with Crippen molar-refractivity contribution in [2.75, 3.05) is 19.8 Å². The van der Waals surface area contributed by atoms with Crippen molar-refractivity contribution in [2.24, 2.45) is 0 Å². The molecule has 1 saturated heterocycles. The fourth-order valence-corrected chi connectivity index (χ4v) is 1.54. The normalized spacial score (nSPS) is 22.1. The summed E-state index contributed by atoms with van der Waals surface area (Å²) in [5, 5.41) is 3.27. The maximum absolute atomic E-state index is 13.2. The van der Waals surface area contributed by atoms with Crippen LogP contribution < -0.4 is 5.32 Å². The van der Waals surface area contributed by atoms with Crippen LogP contribution in [0.5, 0.6) is 0 Å². The molecule has 80 valence electrons. The van der Waals surface area contributed by atoms with Crippen LogP contribution >= 0.6 is 0 Å². The summed E-state index contributed by atoms with van der Waals surface area (Å²) in [5.41, 5.74) is 0.616. The van der Waals surface area contributed by atoms with E-state index in [0.29, 0.717) is 12.2 Å². The molecule has 2 rings (SSSR count). The number of benzene rings is 1. The third kappa shape index (κ3) is 2.88. The largest absolute Gasteiger partial charge is 0.378 e. The van der Waals surface area contributed by atoms with Crippen molar-refractivity contribution >= 4 is 6.08 Å². The lowest BCUT2D eigenvalue weighted by Gasteiger charge is -2.20. The summed E-state index contributed by atoms with van der Waals surface area (Å²) < 4.78 is 18.5. The third-order valence-electron chi connectivity index (χ3n) is 2.36. The Labute approximate surface area is 88.8 Å². The Morgan fingerprint density at radius 1 is 1.40 bits per heavy atom. The number of halogens is 1. The van der Waals surface area contributed by atoms with Gasteiger partial charge < -0.3 is 10.1 Å². The molecule has 0 bridgehead atoms. The second-order valence-corrected chi connectivity index (χ2v) is 3.52. The molecule has 0 saturated carbocycles. The highest BCUT2D eigenvalue weighted by molar-refractivity contribution is 5.50. The molecule has 1 heterocycles. The summed E-state index contributed by atoms with van der Waals surface area (Å²) >= 11 is 0. The SMILES string of the molecule is Fc1ccccc1/C=C/C1COCCN1. The van der Waals surface area contributed by atoms with E-state index in [9.17, 15) is 4.39 Å². The van der Waals surface area contributed by atoms with Crippen LogP contribution in [0.15, 0.2) is 30.3 Å². The smallest absolute Gasteiger partial charge is 0.130 e. The van der Waals surface area contributed by atoms with Crippen molar-refractivity contribution in [3.63, 3.8) is 0 Å². The zero-order valence-electron chi connectivity index (χ0n) is 8.45. The monoisotopic (exact) mass is 207 g/mol. The van der Waals surface area contributed by atoms with E-state index in [1.165, 1.54) is 6.07 Å². The van der Waals surface area contributed by atoms with Gasteiger partial charge in [0.25, 0.3) is 0 Å². The van der Waals surface area contributed by atoms with Crippen LogP contribution in [-0.2, 0) is 4.74 Å². The molecule has 1 N–H and O–H groups in total. The minimum Gasteiger partial charge on any atom is -0.378 e. The van der Waals surface area contributed by atoms with Gasteiger partial charge >= 0.3 is 0 Å². The molecule has 1 aliphatic heterocycles. The van der Waals surface area contributed by atoms with E-state index in [2.05, 4.69) is 5.32 Å². The second-order valence-electron chi connectivity index (χ2n) is 3.52. The maximum Gasteiger partial charge on any atom is 0.130 e. The van der Waals surface area contributed by atoms with Crippen LogP contribution in [0, 0.1) is 5.82 Å². The minimum atomic E-state index is -0.189. The van der Waals surface area contributed by atoms with E-state index >= 15 is 0 Å². The number of ether oxygens (including phenoxy) is 1. The zero-order valence-corrected chi connectivity index (χ0v) is 8.45. The number of hydrogen-bond donors (Lipinski definition) is 1. The van der Waals surface area contributed by atoms with Crippen LogP contribution in [0.4, 0.5) is 4.39 Å². The van der Waals surface area contributed by atoms with E-state index < -0.39 is 0 Å². The summed E-state index contributed by atoms with van der Waals surface area (Å²) in [6.07, 6.45) is 3.74. The summed E-state index contributed by atoms with van der Waals surface area (Å²) in [6.45, 7) is 2.27. The average molecular weight is 207 g/mol. The van der Waals surface area contributed by atoms with Gasteiger partial charge in [0.1, 0.15) is 5.82 Å². The van der Waals surface area contributed by atoms with Crippen LogP contribution in [0.2, 0.25) is 0 Å². The first-order valence-corrected chi connectivity index (χ1v) is 5.10. The van der Waals surface area contributed by atoms with Crippen molar-refractivity contribution in [1.82, 2.24) is 5.32 Å². The van der Waals surface area contributed by atoms with Crippen molar-refractivity contribution in [3.8, 4) is 0 Å². The van der Waals surface area contributed by atoms with Crippen LogP contribution in [-0.4, -0.2) is 25.8 Å².